The van der Waals surface area contributed by atoms with E-state index in [0.29, 0.717) is 12.8 Å². The van der Waals surface area contributed by atoms with E-state index in [0.717, 1.165) is 44.9 Å². The fraction of sp³-hybridized carbons (Fsp3) is 0.889. The summed E-state index contributed by atoms with van der Waals surface area (Å²) in [6.07, 6.45) is 6.05. The van der Waals surface area contributed by atoms with Gasteiger partial charge in [-0.05, 0) is 110 Å². The Morgan fingerprint density at radius 3 is 2.32 bits per heavy atom. The lowest BCUT2D eigenvalue weighted by molar-refractivity contribution is -0.296. The Labute approximate surface area is 263 Å². The fourth-order valence-corrected chi connectivity index (χ4v) is 11.9. The van der Waals surface area contributed by atoms with Crippen LogP contribution >= 0.6 is 0 Å². The Bertz CT molecular complexity index is 1230. The number of rotatable bonds is 4. The number of ketones is 1. The molecule has 1 saturated heterocycles. The van der Waals surface area contributed by atoms with Crippen LogP contribution in [0.5, 0.6) is 0 Å². The first kappa shape index (κ1) is 32.6. The monoisotopic (exact) mass is 616 g/mol. The van der Waals surface area contributed by atoms with Crippen molar-refractivity contribution < 1.29 is 39.5 Å². The van der Waals surface area contributed by atoms with Crippen LogP contribution in [0.15, 0.2) is 11.6 Å². The third kappa shape index (κ3) is 4.40. The van der Waals surface area contributed by atoms with Gasteiger partial charge in [0.2, 0.25) is 0 Å². The largest absolute Gasteiger partial charge is 0.481 e. The minimum Gasteiger partial charge on any atom is -0.481 e. The van der Waals surface area contributed by atoms with Crippen molar-refractivity contribution in [1.29, 1.82) is 0 Å². The molecule has 0 aromatic rings. The molecule has 5 aliphatic carbocycles. The van der Waals surface area contributed by atoms with Crippen LogP contribution in [-0.4, -0.2) is 69.5 Å². The predicted octanol–water partition coefficient (Wildman–Crippen LogP) is 5.27. The number of allylic oxidation sites excluding steroid dienone is 2. The Morgan fingerprint density at radius 1 is 0.977 bits per heavy atom. The minimum atomic E-state index is -1.14. The Balaban J connectivity index is 1.31. The molecule has 6 aliphatic rings. The fourth-order valence-electron chi connectivity index (χ4n) is 11.9. The summed E-state index contributed by atoms with van der Waals surface area (Å²) in [5.74, 6) is -0.267. The summed E-state index contributed by atoms with van der Waals surface area (Å²) < 4.78 is 12.4. The summed E-state index contributed by atoms with van der Waals surface area (Å²) >= 11 is 0. The molecule has 4 saturated carbocycles. The quantitative estimate of drug-likeness (QED) is 0.314. The highest BCUT2D eigenvalue weighted by Crippen LogP contribution is 2.75. The zero-order valence-electron chi connectivity index (χ0n) is 27.9. The van der Waals surface area contributed by atoms with Crippen molar-refractivity contribution in [3.8, 4) is 0 Å². The molecule has 0 aromatic carbocycles. The van der Waals surface area contributed by atoms with Crippen LogP contribution in [0.3, 0.4) is 0 Å². The summed E-state index contributed by atoms with van der Waals surface area (Å²) in [6, 6.07) is 0. The van der Waals surface area contributed by atoms with Crippen LogP contribution in [0.2, 0.25) is 0 Å². The van der Waals surface area contributed by atoms with Gasteiger partial charge in [0.25, 0.3) is 0 Å². The number of aliphatic hydroxyl groups excluding tert-OH is 3. The number of carboxylic acids is 1. The molecule has 5 fully saturated rings. The smallest absolute Gasteiger partial charge is 0.309 e. The number of ether oxygens (including phenoxy) is 2. The highest BCUT2D eigenvalue weighted by atomic mass is 16.7. The molecule has 0 unspecified atom stereocenters. The van der Waals surface area contributed by atoms with E-state index in [1.165, 1.54) is 5.57 Å². The van der Waals surface area contributed by atoms with E-state index in [1.807, 2.05) is 13.0 Å². The molecule has 0 aromatic heterocycles. The van der Waals surface area contributed by atoms with Gasteiger partial charge in [-0.1, -0.05) is 47.1 Å². The topological polar surface area (TPSA) is 134 Å². The van der Waals surface area contributed by atoms with Crippen LogP contribution in [-0.2, 0) is 19.1 Å². The Hall–Kier alpha value is -1.32. The van der Waals surface area contributed by atoms with Gasteiger partial charge in [0.05, 0.1) is 24.2 Å². The maximum atomic E-state index is 14.6. The molecule has 0 radical (unpaired) electrons. The van der Waals surface area contributed by atoms with Crippen molar-refractivity contribution in [3.63, 3.8) is 0 Å². The lowest BCUT2D eigenvalue weighted by atomic mass is 9.33. The van der Waals surface area contributed by atoms with Gasteiger partial charge in [0.15, 0.2) is 12.1 Å². The van der Waals surface area contributed by atoms with E-state index in [-0.39, 0.29) is 69.7 Å². The molecular weight excluding hydrogens is 560 g/mol. The molecule has 1 aliphatic heterocycles. The molecule has 44 heavy (non-hydrogen) atoms. The van der Waals surface area contributed by atoms with E-state index >= 15 is 0 Å². The van der Waals surface area contributed by atoms with Crippen molar-refractivity contribution in [2.45, 2.75) is 143 Å². The molecule has 0 spiro atoms. The zero-order valence-corrected chi connectivity index (χ0v) is 27.9. The van der Waals surface area contributed by atoms with Crippen molar-refractivity contribution in [3.05, 3.63) is 11.6 Å². The van der Waals surface area contributed by atoms with E-state index in [4.69, 9.17) is 9.47 Å². The van der Waals surface area contributed by atoms with Crippen LogP contribution in [0.25, 0.3) is 0 Å². The average Bonchev–Trinajstić information content (AvgIpc) is 2.94. The predicted molar refractivity (Wildman–Crippen MR) is 164 cm³/mol. The van der Waals surface area contributed by atoms with E-state index in [1.54, 1.807) is 0 Å². The average molecular weight is 617 g/mol. The first-order valence-electron chi connectivity index (χ1n) is 17.1. The molecule has 1 heterocycles. The first-order chi connectivity index (χ1) is 20.4. The van der Waals surface area contributed by atoms with Crippen molar-refractivity contribution in [2.75, 3.05) is 6.61 Å². The first-order valence-corrected chi connectivity index (χ1v) is 17.1. The maximum Gasteiger partial charge on any atom is 0.309 e. The van der Waals surface area contributed by atoms with Gasteiger partial charge in [-0.2, -0.15) is 0 Å². The second-order valence-corrected chi connectivity index (χ2v) is 17.6. The van der Waals surface area contributed by atoms with Gasteiger partial charge in [0.1, 0.15) is 12.2 Å². The highest BCUT2D eigenvalue weighted by Gasteiger charge is 2.70. The van der Waals surface area contributed by atoms with Crippen molar-refractivity contribution >= 4 is 11.8 Å². The third-order valence-electron chi connectivity index (χ3n) is 15.1. The molecule has 248 valence electrons. The Morgan fingerprint density at radius 2 is 1.66 bits per heavy atom. The summed E-state index contributed by atoms with van der Waals surface area (Å²) in [5, 5.41) is 40.4. The third-order valence-corrected chi connectivity index (χ3v) is 15.1. The number of carbonyl (C=O) groups is 2. The van der Waals surface area contributed by atoms with E-state index in [9.17, 15) is 30.0 Å². The number of hydrogen-bond donors (Lipinski definition) is 4. The summed E-state index contributed by atoms with van der Waals surface area (Å²) in [5.41, 5.74) is -0.373. The normalized spacial score (nSPS) is 53.4. The summed E-state index contributed by atoms with van der Waals surface area (Å²) in [6.45, 7) is 15.4. The number of fused-ring (bicyclic) bond motifs is 7. The number of aliphatic hydroxyl groups is 3. The SMILES string of the molecule is CC1(C)[C@H]2CC[C@]3(C)[C@@H](C(=O)C=C4[C@@H]5C[C@@](C)(C(=O)O)CC[C@]5(C)CC[C@]43C)[C@@]2(C)CC[C@H]1O[C@@H]1C[C@H](O)[C@H](O)[C@H](CO)O1. The molecule has 8 nitrogen and oxygen atoms in total. The second-order valence-electron chi connectivity index (χ2n) is 17.6. The molecular formula is C36H56O8. The van der Waals surface area contributed by atoms with Crippen molar-refractivity contribution in [1.82, 2.24) is 0 Å². The zero-order chi connectivity index (χ0) is 32.3. The minimum absolute atomic E-state index is 0.0299. The lowest BCUT2D eigenvalue weighted by Crippen LogP contribution is -2.67. The van der Waals surface area contributed by atoms with Crippen LogP contribution in [0, 0.1) is 50.2 Å². The van der Waals surface area contributed by atoms with Gasteiger partial charge in [0, 0.05) is 12.3 Å². The number of aliphatic carboxylic acids is 1. The molecule has 0 bridgehead atoms. The van der Waals surface area contributed by atoms with E-state index < -0.39 is 36.0 Å². The van der Waals surface area contributed by atoms with Gasteiger partial charge < -0.3 is 29.9 Å². The number of hydrogen-bond acceptors (Lipinski definition) is 7. The standard InChI is InChI=1S/C36H56O8/c1-31(2)25-8-11-36(7)29(34(25,5)10-9-26(31)44-27-17-22(38)28(40)24(19-37)43-27)23(39)16-20-21-18-33(4,30(41)42)13-12-32(21,3)14-15-35(20,36)6/h16,21-22,24-29,37-38,40H,8-15,17-19H2,1-7H3,(H,41,42)/t21-,22-,24-,25+,26+,27+,28-,29-,32+,33-,34-,35+,36+/m0/s1. The molecule has 6 rings (SSSR count). The highest BCUT2D eigenvalue weighted by molar-refractivity contribution is 5.95. The van der Waals surface area contributed by atoms with Crippen LogP contribution in [0.4, 0.5) is 0 Å². The summed E-state index contributed by atoms with van der Waals surface area (Å²) in [4.78, 5) is 27.0. The molecule has 0 amide bonds. The van der Waals surface area contributed by atoms with Gasteiger partial charge in [-0.25, -0.2) is 0 Å². The molecule has 13 atom stereocenters. The van der Waals surface area contributed by atoms with Crippen LogP contribution in [0.1, 0.15) is 113 Å². The van der Waals surface area contributed by atoms with Gasteiger partial charge in [-0.15, -0.1) is 0 Å². The molecule has 8 heteroatoms. The van der Waals surface area contributed by atoms with Gasteiger partial charge >= 0.3 is 5.97 Å². The second kappa shape index (κ2) is 10.3. The summed E-state index contributed by atoms with van der Waals surface area (Å²) in [7, 11) is 0. The number of carboxylic acid groups (broad SMARTS) is 1. The van der Waals surface area contributed by atoms with Crippen molar-refractivity contribution in [2.24, 2.45) is 50.2 Å². The molecule has 4 N–H and O–H groups in total. The number of carbonyl (C=O) groups excluding carboxylic acids is 1. The van der Waals surface area contributed by atoms with Gasteiger partial charge in [-0.3, -0.25) is 9.59 Å². The maximum absolute atomic E-state index is 14.6. The van der Waals surface area contributed by atoms with E-state index in [2.05, 4.69) is 41.5 Å². The Kier molecular flexibility index (Phi) is 7.66. The van der Waals surface area contributed by atoms with Crippen LogP contribution < -0.4 is 0 Å². The lowest BCUT2D eigenvalue weighted by Gasteiger charge is -2.70.